The summed E-state index contributed by atoms with van der Waals surface area (Å²) in [6.45, 7) is 14.5. The van der Waals surface area contributed by atoms with Crippen molar-refractivity contribution in [2.45, 2.75) is 57.4 Å². The molecule has 0 spiro atoms. The maximum atomic E-state index is 3.60. The number of hydrogen-bond acceptors (Lipinski definition) is 0. The Bertz CT molecular complexity index is 1160. The Morgan fingerprint density at radius 2 is 0.676 bits per heavy atom. The highest BCUT2D eigenvalue weighted by atomic mass is 28.3. The van der Waals surface area contributed by atoms with E-state index >= 15 is 0 Å². The van der Waals surface area contributed by atoms with Gasteiger partial charge in [-0.05, 0) is 0 Å². The molecular formula is C33H39AlSi3. The van der Waals surface area contributed by atoms with Crippen LogP contribution in [0.1, 0.15) is 0 Å². The highest BCUT2D eigenvalue weighted by Gasteiger charge is 2.24. The first-order chi connectivity index (χ1) is 17.6. The van der Waals surface area contributed by atoms with E-state index in [-0.39, 0.29) is 0 Å². The molecule has 0 aliphatic heterocycles. The van der Waals surface area contributed by atoms with Crippen molar-refractivity contribution in [3.05, 3.63) is 91.0 Å². The summed E-state index contributed by atoms with van der Waals surface area (Å²) in [5, 5.41) is 4.39. The van der Waals surface area contributed by atoms with Gasteiger partial charge < -0.3 is 0 Å². The topological polar surface area (TPSA) is 0 Å². The van der Waals surface area contributed by atoms with Crippen molar-refractivity contribution in [1.29, 1.82) is 0 Å². The van der Waals surface area contributed by atoms with Gasteiger partial charge in [0.2, 0.25) is 0 Å². The van der Waals surface area contributed by atoms with Crippen LogP contribution >= 0.6 is 0 Å². The predicted molar refractivity (Wildman–Crippen MR) is 174 cm³/mol. The Hall–Kier alpha value is -2.48. The van der Waals surface area contributed by atoms with Crippen molar-refractivity contribution in [1.82, 2.24) is 0 Å². The number of benzene rings is 3. The van der Waals surface area contributed by atoms with Gasteiger partial charge in [0.05, 0.1) is 24.2 Å². The van der Waals surface area contributed by atoms with Crippen molar-refractivity contribution in [3.63, 3.8) is 0 Å². The minimum absolute atomic E-state index is 0.957. The predicted octanol–water partition coefficient (Wildman–Crippen LogP) is 5.96. The molecule has 0 saturated heterocycles. The van der Waals surface area contributed by atoms with E-state index in [2.05, 4.69) is 162 Å². The SMILES string of the molecule is C[Si](C)(CC#[C][Al]([C]#CC[Si](C)(C)c1ccccc1)[C]#CC[Si](C)(C)c1ccccc1)c1ccccc1. The standard InChI is InChI=1S/3C11H13Si.Al/c3*1-4-10-12(2,3)11-8-6-5-7-9-11;/h3*5-9H,10H2,2-3H3;. The van der Waals surface area contributed by atoms with E-state index in [0.29, 0.717) is 0 Å². The van der Waals surface area contributed by atoms with Gasteiger partial charge in [-0.25, -0.2) is 0 Å². The molecule has 0 amide bonds. The van der Waals surface area contributed by atoms with Gasteiger partial charge in [-0.1, -0.05) is 146 Å². The molecule has 0 heterocycles. The molecule has 3 aromatic carbocycles. The lowest BCUT2D eigenvalue weighted by atomic mass is 10.4. The number of rotatable bonds is 6. The molecule has 186 valence electrons. The Morgan fingerprint density at radius 3 is 0.919 bits per heavy atom. The number of hydrogen-bond donors (Lipinski definition) is 0. The van der Waals surface area contributed by atoms with Gasteiger partial charge in [0, 0.05) is 18.1 Å². The minimum atomic E-state index is -1.80. The summed E-state index contributed by atoms with van der Waals surface area (Å²) < 4.78 is 0. The minimum Gasteiger partial charge on any atom is -0.169 e. The van der Waals surface area contributed by atoms with Crippen LogP contribution in [-0.4, -0.2) is 38.4 Å². The van der Waals surface area contributed by atoms with Crippen LogP contribution < -0.4 is 15.6 Å². The van der Waals surface area contributed by atoms with Gasteiger partial charge in [-0.15, -0.1) is 17.8 Å². The molecule has 0 aliphatic carbocycles. The molecule has 0 radical (unpaired) electrons. The van der Waals surface area contributed by atoms with Crippen LogP contribution in [0.3, 0.4) is 0 Å². The van der Waals surface area contributed by atoms with Crippen molar-refractivity contribution in [2.75, 3.05) is 0 Å². The van der Waals surface area contributed by atoms with Gasteiger partial charge in [0.25, 0.3) is 0 Å². The highest BCUT2D eigenvalue weighted by Crippen LogP contribution is 2.11. The lowest BCUT2D eigenvalue weighted by molar-refractivity contribution is 1.58. The average molecular weight is 547 g/mol. The van der Waals surface area contributed by atoms with Crippen LogP contribution in [0.25, 0.3) is 0 Å². The fourth-order valence-electron chi connectivity index (χ4n) is 4.20. The van der Waals surface area contributed by atoms with E-state index in [0.717, 1.165) is 18.1 Å². The first-order valence-electron chi connectivity index (χ1n) is 13.2. The van der Waals surface area contributed by atoms with E-state index in [9.17, 15) is 0 Å². The summed E-state index contributed by atoms with van der Waals surface area (Å²) in [5.74, 6) is 10.7. The maximum Gasteiger partial charge on any atom is 0.574 e. The first-order valence-corrected chi connectivity index (χ1v) is 24.6. The Balaban J connectivity index is 1.79. The second-order valence-electron chi connectivity index (χ2n) is 11.7. The highest BCUT2D eigenvalue weighted by molar-refractivity contribution is 6.92. The molecule has 0 saturated carbocycles. The molecule has 0 bridgehead atoms. The zero-order valence-electron chi connectivity index (χ0n) is 23.4. The van der Waals surface area contributed by atoms with Crippen LogP contribution in [0.5, 0.6) is 0 Å². The van der Waals surface area contributed by atoms with Gasteiger partial charge in [0.15, 0.2) is 0 Å². The lowest BCUT2D eigenvalue weighted by Crippen LogP contribution is -2.40. The molecule has 0 nitrogen and oxygen atoms in total. The van der Waals surface area contributed by atoms with E-state index in [1.54, 1.807) is 0 Å². The molecule has 37 heavy (non-hydrogen) atoms. The fourth-order valence-corrected chi connectivity index (χ4v) is 11.5. The molecule has 0 aliphatic rings. The van der Waals surface area contributed by atoms with Crippen molar-refractivity contribution < 1.29 is 0 Å². The van der Waals surface area contributed by atoms with Crippen LogP contribution in [-0.2, 0) is 0 Å². The van der Waals surface area contributed by atoms with Gasteiger partial charge in [-0.3, -0.25) is 0 Å². The second-order valence-corrected chi connectivity index (χ2v) is 27.5. The summed E-state index contributed by atoms with van der Waals surface area (Å²) in [4.78, 5) is 10.8. The van der Waals surface area contributed by atoms with Gasteiger partial charge >= 0.3 is 14.1 Å². The molecule has 3 aromatic rings. The third-order valence-electron chi connectivity index (χ3n) is 7.00. The zero-order valence-corrected chi connectivity index (χ0v) is 27.5. The monoisotopic (exact) mass is 546 g/mol. The molecule has 0 N–H and O–H groups in total. The summed E-state index contributed by atoms with van der Waals surface area (Å²) in [6.07, 6.45) is 0. The third-order valence-corrected chi connectivity index (χ3v) is 17.3. The Labute approximate surface area is 233 Å². The fraction of sp³-hybridized carbons (Fsp3) is 0.273. The second kappa shape index (κ2) is 13.4. The van der Waals surface area contributed by atoms with Crippen molar-refractivity contribution >= 4 is 53.9 Å². The lowest BCUT2D eigenvalue weighted by Gasteiger charge is -2.20. The Kier molecular flexibility index (Phi) is 10.5. The van der Waals surface area contributed by atoms with Crippen molar-refractivity contribution in [2.24, 2.45) is 0 Å². The molecule has 0 unspecified atom stereocenters. The summed E-state index contributed by atoms with van der Waals surface area (Å²) in [5.41, 5.74) is 0. The summed E-state index contributed by atoms with van der Waals surface area (Å²) >= 11 is -1.80. The third kappa shape index (κ3) is 9.09. The quantitative estimate of drug-likeness (QED) is 0.265. The molecule has 0 atom stereocenters. The average Bonchev–Trinajstić information content (AvgIpc) is 2.90. The summed E-state index contributed by atoms with van der Waals surface area (Å²) in [6, 6.07) is 35.5. The smallest absolute Gasteiger partial charge is 0.169 e. The van der Waals surface area contributed by atoms with Crippen molar-refractivity contribution in [3.8, 4) is 32.1 Å². The van der Waals surface area contributed by atoms with Crippen LogP contribution in [0.4, 0.5) is 0 Å². The van der Waals surface area contributed by atoms with Crippen LogP contribution in [0.2, 0.25) is 57.4 Å². The first kappa shape index (κ1) is 29.1. The van der Waals surface area contributed by atoms with E-state index in [1.165, 1.54) is 15.6 Å². The van der Waals surface area contributed by atoms with Crippen LogP contribution in [0.15, 0.2) is 91.0 Å². The molecule has 4 heteroatoms. The summed E-state index contributed by atoms with van der Waals surface area (Å²) in [7, 11) is -4.77. The molecule has 0 aromatic heterocycles. The molecular weight excluding hydrogens is 508 g/mol. The van der Waals surface area contributed by atoms with E-state index in [1.807, 2.05) is 0 Å². The Morgan fingerprint density at radius 1 is 0.432 bits per heavy atom. The van der Waals surface area contributed by atoms with Crippen LogP contribution in [0, 0.1) is 32.1 Å². The van der Waals surface area contributed by atoms with Gasteiger partial charge in [-0.2, -0.15) is 14.3 Å². The van der Waals surface area contributed by atoms with E-state index < -0.39 is 38.4 Å². The largest absolute Gasteiger partial charge is 0.574 e. The van der Waals surface area contributed by atoms with Gasteiger partial charge in [0.1, 0.15) is 0 Å². The van der Waals surface area contributed by atoms with E-state index in [4.69, 9.17) is 0 Å². The molecule has 0 fully saturated rings. The zero-order chi connectivity index (χ0) is 26.8. The maximum absolute atomic E-state index is 3.60. The molecule has 3 rings (SSSR count). The normalized spacial score (nSPS) is 11.2.